The molecule has 0 aliphatic carbocycles. The lowest BCUT2D eigenvalue weighted by molar-refractivity contribution is 0.0981. The van der Waals surface area contributed by atoms with Gasteiger partial charge < -0.3 is 4.74 Å². The van der Waals surface area contributed by atoms with Crippen molar-refractivity contribution >= 4 is 17.4 Å². The van der Waals surface area contributed by atoms with Crippen LogP contribution in [-0.4, -0.2) is 18.3 Å². The lowest BCUT2D eigenvalue weighted by Gasteiger charge is -2.08. The van der Waals surface area contributed by atoms with Crippen molar-refractivity contribution in [2.75, 3.05) is 12.5 Å². The molecule has 0 saturated carbocycles. The quantitative estimate of drug-likeness (QED) is 0.543. The molecule has 0 amide bonds. The first-order valence-corrected chi connectivity index (χ1v) is 6.55. The molecule has 0 unspecified atom stereocenters. The normalized spacial score (nSPS) is 10.3. The highest BCUT2D eigenvalue weighted by Crippen LogP contribution is 2.19. The van der Waals surface area contributed by atoms with Gasteiger partial charge in [0.25, 0.3) is 0 Å². The van der Waals surface area contributed by atoms with Crippen LogP contribution < -0.4 is 4.74 Å². The first kappa shape index (κ1) is 14.0. The number of aryl methyl sites for hydroxylation is 1. The lowest BCUT2D eigenvalue weighted by Crippen LogP contribution is -2.03. The maximum absolute atomic E-state index is 11.9. The Morgan fingerprint density at radius 2 is 2.18 bits per heavy atom. The van der Waals surface area contributed by atoms with E-state index in [1.54, 1.807) is 0 Å². The third kappa shape index (κ3) is 4.39. The van der Waals surface area contributed by atoms with E-state index in [0.29, 0.717) is 18.9 Å². The van der Waals surface area contributed by atoms with Crippen molar-refractivity contribution in [3.63, 3.8) is 0 Å². The predicted octanol–water partition coefficient (Wildman–Crippen LogP) is 3.99. The van der Waals surface area contributed by atoms with Crippen molar-refractivity contribution in [1.82, 2.24) is 0 Å². The SMILES string of the molecule is CCCOc1ccc(C(=O)CCCCl)c(C)c1. The van der Waals surface area contributed by atoms with E-state index in [9.17, 15) is 4.79 Å². The average Bonchev–Trinajstić information content (AvgIpc) is 2.33. The van der Waals surface area contributed by atoms with Gasteiger partial charge in [-0.25, -0.2) is 0 Å². The van der Waals surface area contributed by atoms with Crippen molar-refractivity contribution < 1.29 is 9.53 Å². The summed E-state index contributed by atoms with van der Waals surface area (Å²) in [5.74, 6) is 1.52. The Kier molecular flexibility index (Phi) is 6.06. The fraction of sp³-hybridized carbons (Fsp3) is 0.500. The number of ether oxygens (including phenoxy) is 1. The second-order valence-corrected chi connectivity index (χ2v) is 4.42. The van der Waals surface area contributed by atoms with Crippen LogP contribution >= 0.6 is 11.6 Å². The molecule has 3 heteroatoms. The zero-order chi connectivity index (χ0) is 12.7. The summed E-state index contributed by atoms with van der Waals surface area (Å²) in [6, 6.07) is 5.62. The minimum atomic E-state index is 0.158. The van der Waals surface area contributed by atoms with Crippen molar-refractivity contribution in [2.24, 2.45) is 0 Å². The van der Waals surface area contributed by atoms with E-state index in [2.05, 4.69) is 6.92 Å². The Hall–Kier alpha value is -1.02. The van der Waals surface area contributed by atoms with Gasteiger partial charge in [0.2, 0.25) is 0 Å². The molecule has 0 N–H and O–H groups in total. The standard InChI is InChI=1S/C14H19ClO2/c1-3-9-17-12-6-7-13(11(2)10-12)14(16)5-4-8-15/h6-7,10H,3-5,8-9H2,1-2H3. The van der Waals surface area contributed by atoms with Crippen LogP contribution in [0.3, 0.4) is 0 Å². The number of ketones is 1. The van der Waals surface area contributed by atoms with E-state index >= 15 is 0 Å². The molecule has 0 saturated heterocycles. The number of hydrogen-bond acceptors (Lipinski definition) is 2. The number of hydrogen-bond donors (Lipinski definition) is 0. The van der Waals surface area contributed by atoms with Gasteiger partial charge in [-0.1, -0.05) is 6.92 Å². The van der Waals surface area contributed by atoms with Crippen LogP contribution in [0.4, 0.5) is 0 Å². The molecule has 1 aromatic rings. The van der Waals surface area contributed by atoms with E-state index in [0.717, 1.165) is 29.7 Å². The molecule has 0 radical (unpaired) electrons. The molecule has 0 aliphatic heterocycles. The molecule has 0 bridgehead atoms. The van der Waals surface area contributed by atoms with Crippen LogP contribution in [0.15, 0.2) is 18.2 Å². The third-order valence-corrected chi connectivity index (χ3v) is 2.78. The van der Waals surface area contributed by atoms with Crippen molar-refractivity contribution in [3.8, 4) is 5.75 Å². The molecular weight excluding hydrogens is 236 g/mol. The maximum Gasteiger partial charge on any atom is 0.163 e. The van der Waals surface area contributed by atoms with E-state index in [4.69, 9.17) is 16.3 Å². The number of carbonyl (C=O) groups excluding carboxylic acids is 1. The van der Waals surface area contributed by atoms with Gasteiger partial charge in [0.15, 0.2) is 5.78 Å². The molecule has 2 nitrogen and oxygen atoms in total. The first-order valence-electron chi connectivity index (χ1n) is 6.01. The van der Waals surface area contributed by atoms with E-state index in [-0.39, 0.29) is 5.78 Å². The van der Waals surface area contributed by atoms with Crippen LogP contribution in [0.2, 0.25) is 0 Å². The topological polar surface area (TPSA) is 26.3 Å². The van der Waals surface area contributed by atoms with Gasteiger partial charge in [-0.15, -0.1) is 11.6 Å². The van der Waals surface area contributed by atoms with Crippen LogP contribution in [0.1, 0.15) is 42.1 Å². The number of alkyl halides is 1. The summed E-state index contributed by atoms with van der Waals surface area (Å²) in [7, 11) is 0. The molecule has 17 heavy (non-hydrogen) atoms. The highest BCUT2D eigenvalue weighted by molar-refractivity contribution is 6.18. The van der Waals surface area contributed by atoms with Gasteiger partial charge in [0.1, 0.15) is 5.75 Å². The van der Waals surface area contributed by atoms with E-state index < -0.39 is 0 Å². The summed E-state index contributed by atoms with van der Waals surface area (Å²) in [5.41, 5.74) is 1.75. The molecule has 0 aliphatic rings. The molecule has 94 valence electrons. The smallest absolute Gasteiger partial charge is 0.163 e. The Labute approximate surface area is 108 Å². The molecule has 0 atom stereocenters. The minimum absolute atomic E-state index is 0.158. The molecule has 0 heterocycles. The van der Waals surface area contributed by atoms with Crippen LogP contribution in [0.25, 0.3) is 0 Å². The van der Waals surface area contributed by atoms with Crippen molar-refractivity contribution in [3.05, 3.63) is 29.3 Å². The molecule has 0 fully saturated rings. The monoisotopic (exact) mass is 254 g/mol. The number of carbonyl (C=O) groups is 1. The number of rotatable bonds is 7. The molecule has 0 spiro atoms. The average molecular weight is 255 g/mol. The number of halogens is 1. The summed E-state index contributed by atoms with van der Waals surface area (Å²) >= 11 is 5.58. The Bertz CT molecular complexity index is 374. The maximum atomic E-state index is 11.9. The lowest BCUT2D eigenvalue weighted by atomic mass is 10.0. The second-order valence-electron chi connectivity index (χ2n) is 4.04. The molecular formula is C14H19ClO2. The largest absolute Gasteiger partial charge is 0.494 e. The summed E-state index contributed by atoms with van der Waals surface area (Å²) in [6.07, 6.45) is 2.23. The van der Waals surface area contributed by atoms with Gasteiger partial charge in [0.05, 0.1) is 6.61 Å². The summed E-state index contributed by atoms with van der Waals surface area (Å²) < 4.78 is 5.52. The Morgan fingerprint density at radius 1 is 1.41 bits per heavy atom. The fourth-order valence-corrected chi connectivity index (χ4v) is 1.75. The summed E-state index contributed by atoms with van der Waals surface area (Å²) in [4.78, 5) is 11.9. The van der Waals surface area contributed by atoms with Gasteiger partial charge in [0, 0.05) is 17.9 Å². The van der Waals surface area contributed by atoms with Gasteiger partial charge in [-0.3, -0.25) is 4.79 Å². The summed E-state index contributed by atoms with van der Waals surface area (Å²) in [5, 5.41) is 0. The van der Waals surface area contributed by atoms with Crippen LogP contribution in [0.5, 0.6) is 5.75 Å². The van der Waals surface area contributed by atoms with Crippen molar-refractivity contribution in [1.29, 1.82) is 0 Å². The highest BCUT2D eigenvalue weighted by atomic mass is 35.5. The second kappa shape index (κ2) is 7.33. The fourth-order valence-electron chi connectivity index (χ4n) is 1.62. The Balaban J connectivity index is 2.71. The predicted molar refractivity (Wildman–Crippen MR) is 71.2 cm³/mol. The zero-order valence-corrected chi connectivity index (χ0v) is 11.2. The minimum Gasteiger partial charge on any atom is -0.494 e. The zero-order valence-electron chi connectivity index (χ0n) is 10.5. The Morgan fingerprint density at radius 3 is 2.76 bits per heavy atom. The van der Waals surface area contributed by atoms with Gasteiger partial charge in [-0.05, 0) is 43.5 Å². The molecule has 1 aromatic carbocycles. The van der Waals surface area contributed by atoms with Gasteiger partial charge in [-0.2, -0.15) is 0 Å². The van der Waals surface area contributed by atoms with Gasteiger partial charge >= 0.3 is 0 Å². The highest BCUT2D eigenvalue weighted by Gasteiger charge is 2.09. The van der Waals surface area contributed by atoms with E-state index in [1.165, 1.54) is 0 Å². The number of Topliss-reactive ketones (excluding diaryl/α,β-unsaturated/α-hetero) is 1. The van der Waals surface area contributed by atoms with Crippen LogP contribution in [0, 0.1) is 6.92 Å². The molecule has 1 rings (SSSR count). The summed E-state index contributed by atoms with van der Waals surface area (Å²) in [6.45, 7) is 4.71. The van der Waals surface area contributed by atoms with Crippen molar-refractivity contribution in [2.45, 2.75) is 33.1 Å². The van der Waals surface area contributed by atoms with Crippen LogP contribution in [-0.2, 0) is 0 Å². The number of benzene rings is 1. The van der Waals surface area contributed by atoms with E-state index in [1.807, 2.05) is 25.1 Å². The first-order chi connectivity index (χ1) is 8.19. The third-order valence-electron chi connectivity index (χ3n) is 2.51. The molecule has 0 aromatic heterocycles.